The van der Waals surface area contributed by atoms with Gasteiger partial charge in [-0.1, -0.05) is 75.7 Å². The van der Waals surface area contributed by atoms with E-state index >= 15 is 0 Å². The maximum Gasteiger partial charge on any atom is 0.278 e. The van der Waals surface area contributed by atoms with Gasteiger partial charge in [0, 0.05) is 108 Å². The summed E-state index contributed by atoms with van der Waals surface area (Å²) in [5.74, 6) is -3.92. The number of aryl methyl sites for hydroxylation is 1. The van der Waals surface area contributed by atoms with Crippen LogP contribution in [-0.4, -0.2) is 190 Å². The molecule has 3 aromatic heterocycles. The zero-order valence-electron chi connectivity index (χ0n) is 57.8. The number of thiazole rings is 1. The van der Waals surface area contributed by atoms with Crippen LogP contribution in [0.4, 0.5) is 17.2 Å². The molecule has 0 bridgehead atoms. The lowest BCUT2D eigenvalue weighted by Gasteiger charge is -2.35. The van der Waals surface area contributed by atoms with Gasteiger partial charge in [-0.15, -0.1) is 11.3 Å². The summed E-state index contributed by atoms with van der Waals surface area (Å²) in [5.41, 5.74) is 13.1. The van der Waals surface area contributed by atoms with E-state index in [-0.39, 0.29) is 118 Å². The Kier molecular flexibility index (Phi) is 27.5. The number of aliphatic hydroxyl groups is 1. The third-order valence-corrected chi connectivity index (χ3v) is 19.4. The van der Waals surface area contributed by atoms with Crippen molar-refractivity contribution in [1.29, 1.82) is 0 Å². The number of nitrogens with zero attached hydrogens (tertiary/aromatic N) is 7. The Bertz CT molecular complexity index is 3740. The highest BCUT2D eigenvalue weighted by Gasteiger charge is 2.45. The molecule has 10 amide bonds. The second kappa shape index (κ2) is 36.7. The predicted molar refractivity (Wildman–Crippen MR) is 378 cm³/mol. The minimum atomic E-state index is -1.07. The molecule has 540 valence electrons. The summed E-state index contributed by atoms with van der Waals surface area (Å²) in [6.07, 6.45) is 11.1. The van der Waals surface area contributed by atoms with E-state index in [9.17, 15) is 53.1 Å². The molecule has 5 aromatic rings. The van der Waals surface area contributed by atoms with Gasteiger partial charge >= 0.3 is 0 Å². The number of β-amino-alcohol motifs (C(OH)–C–C–N with tert-alkyl or cyclic N) is 1. The zero-order chi connectivity index (χ0) is 72.0. The summed E-state index contributed by atoms with van der Waals surface area (Å²) in [4.78, 5) is 155. The number of hydrogen-bond acceptors (Lipinski definition) is 20. The van der Waals surface area contributed by atoms with Gasteiger partial charge in [-0.05, 0) is 92.4 Å². The average molecular weight is 1410 g/mol. The summed E-state index contributed by atoms with van der Waals surface area (Å²) in [6.45, 7) is 10.9. The monoisotopic (exact) mass is 1410 g/mol. The van der Waals surface area contributed by atoms with Crippen LogP contribution in [-0.2, 0) is 65.6 Å². The van der Waals surface area contributed by atoms with Gasteiger partial charge in [-0.25, -0.2) is 15.0 Å². The van der Waals surface area contributed by atoms with Crippen molar-refractivity contribution in [3.8, 4) is 21.7 Å². The van der Waals surface area contributed by atoms with Crippen molar-refractivity contribution in [2.45, 2.75) is 142 Å². The van der Waals surface area contributed by atoms with Gasteiger partial charge in [0.05, 0.1) is 78.1 Å². The van der Waals surface area contributed by atoms with Gasteiger partial charge in [0.25, 0.3) is 17.7 Å². The van der Waals surface area contributed by atoms with Crippen LogP contribution in [0, 0.1) is 24.2 Å². The molecule has 6 heterocycles. The fraction of sp³-hybridized carbons (Fsp3) is 0.500. The molecule has 9 rings (SSSR count). The van der Waals surface area contributed by atoms with Crippen LogP contribution in [0.25, 0.3) is 21.7 Å². The average Bonchev–Trinajstić information content (AvgIpc) is 1.78. The number of benzene rings is 2. The number of hydrogen-bond donors (Lipinski definition) is 9. The maximum atomic E-state index is 14.2. The lowest BCUT2D eigenvalue weighted by atomic mass is 9.81. The summed E-state index contributed by atoms with van der Waals surface area (Å²) < 4.78 is 11.2. The standard InChI is InChI=1S/C72H93N15O13S/c1-45-64(101-44-80-45)50-17-11-47(12-18-50)39-79-69(96)57-38-52(88)43-86(57)71(98)65(72(2,3)4)84-60(91)27-34-99-35-31-75-58(89)22-21-53(81-59(90)8-6-5-7-28-76-67(94)51-19-13-48(14-20-51)42-87-61(92)23-24-62(87)93)68(95)77-30-25-46-9-15-49(16-10-46)54-41-78-66(73)63(82-54)70(97)83-55-40-74-29-26-56(55)85-32-36-100-37-33-85/h9-12,15-18,23-24,26,29,40-41,44,48,51-53,57,65,88H,5-8,13-14,19-22,25,27-28,30-39,42-43H2,1-4H3,(H2,73,78)(H,75,89)(H,76,94)(H,77,95)(H,79,96)(H,81,90)(H,83,97)(H,84,91)/t48?,51?,52-,53?,57+,65?/m1/s1. The van der Waals surface area contributed by atoms with E-state index < -0.39 is 65.1 Å². The molecule has 3 fully saturated rings. The van der Waals surface area contributed by atoms with E-state index in [1.54, 1.807) is 50.0 Å². The number of anilines is 3. The number of aromatic nitrogens is 4. The second-order valence-corrected chi connectivity index (χ2v) is 27.8. The SMILES string of the molecule is Cc1ncsc1-c1ccc(CNC(=O)[C@@H]2C[C@@H](O)CN2C(=O)C(NC(=O)CCOCCNC(=O)CCC(NC(=O)CCCCCNC(=O)C2CCC(CN3C(=O)C=CC3=O)CC2)C(=O)NCCc2ccc(-c3cnc(N)c(C(=O)Nc4cnccc4N4CCOCC4)n3)cc2)C(C)(C)C)cc1. The lowest BCUT2D eigenvalue weighted by molar-refractivity contribution is -0.144. The molecule has 0 spiro atoms. The van der Waals surface area contributed by atoms with Gasteiger partial charge in [-0.3, -0.25) is 57.8 Å². The Balaban J connectivity index is 0.713. The Hall–Kier alpha value is -9.58. The Morgan fingerprint density at radius 1 is 0.752 bits per heavy atom. The molecule has 1 saturated carbocycles. The topological polar surface area (TPSA) is 381 Å². The first-order chi connectivity index (χ1) is 48.6. The van der Waals surface area contributed by atoms with Crippen LogP contribution in [0.2, 0.25) is 0 Å². The number of nitrogens with two attached hydrogens (primary N) is 1. The number of morpholine rings is 1. The van der Waals surface area contributed by atoms with Crippen molar-refractivity contribution in [1.82, 2.24) is 61.6 Å². The zero-order valence-corrected chi connectivity index (χ0v) is 58.6. The first kappa shape index (κ1) is 75.6. The number of pyridine rings is 1. The number of unbranched alkanes of at least 4 members (excludes halogenated alkanes) is 2. The molecule has 4 atom stereocenters. The quantitative estimate of drug-likeness (QED) is 0.0209. The second-order valence-electron chi connectivity index (χ2n) is 26.9. The van der Waals surface area contributed by atoms with E-state index in [1.807, 2.05) is 61.5 Å². The molecule has 101 heavy (non-hydrogen) atoms. The number of carbonyl (C=O) groups is 10. The molecule has 0 radical (unpaired) electrons. The van der Waals surface area contributed by atoms with Gasteiger partial charge in [0.1, 0.15) is 18.1 Å². The van der Waals surface area contributed by atoms with Crippen molar-refractivity contribution in [3.05, 3.63) is 113 Å². The molecule has 2 saturated heterocycles. The van der Waals surface area contributed by atoms with Crippen LogP contribution in [0.3, 0.4) is 0 Å². The highest BCUT2D eigenvalue weighted by Crippen LogP contribution is 2.33. The number of amides is 10. The lowest BCUT2D eigenvalue weighted by Crippen LogP contribution is -2.57. The predicted octanol–water partition coefficient (Wildman–Crippen LogP) is 4.31. The number of nitrogens with one attached hydrogen (secondary N) is 7. The largest absolute Gasteiger partial charge is 0.391 e. The van der Waals surface area contributed by atoms with Crippen molar-refractivity contribution < 1.29 is 62.5 Å². The minimum Gasteiger partial charge on any atom is -0.391 e. The van der Waals surface area contributed by atoms with Crippen LogP contribution >= 0.6 is 11.3 Å². The molecule has 4 aliphatic rings. The molecule has 10 N–H and O–H groups in total. The number of rotatable bonds is 33. The molecule has 28 nitrogen and oxygen atoms in total. The number of aliphatic hydroxyl groups excluding tert-OH is 1. The van der Waals surface area contributed by atoms with Gasteiger partial charge in [0.2, 0.25) is 41.4 Å². The molecule has 2 unspecified atom stereocenters. The number of likely N-dealkylation sites (tertiary alicyclic amines) is 1. The molecule has 2 aromatic carbocycles. The summed E-state index contributed by atoms with van der Waals surface area (Å²) in [6, 6.07) is 13.9. The van der Waals surface area contributed by atoms with E-state index in [4.69, 9.17) is 15.2 Å². The highest BCUT2D eigenvalue weighted by molar-refractivity contribution is 7.13. The number of imide groups is 1. The van der Waals surface area contributed by atoms with Crippen molar-refractivity contribution in [2.75, 3.05) is 88.2 Å². The fourth-order valence-corrected chi connectivity index (χ4v) is 13.4. The van der Waals surface area contributed by atoms with E-state index in [1.165, 1.54) is 28.1 Å². The van der Waals surface area contributed by atoms with E-state index in [0.29, 0.717) is 94.9 Å². The van der Waals surface area contributed by atoms with Crippen LogP contribution in [0.5, 0.6) is 0 Å². The smallest absolute Gasteiger partial charge is 0.278 e. The summed E-state index contributed by atoms with van der Waals surface area (Å²) in [7, 11) is 0. The van der Waals surface area contributed by atoms with Gasteiger partial charge in [0.15, 0.2) is 11.5 Å². The third kappa shape index (κ3) is 22.0. The van der Waals surface area contributed by atoms with Gasteiger partial charge in [-0.2, -0.15) is 0 Å². The Morgan fingerprint density at radius 2 is 1.47 bits per heavy atom. The van der Waals surface area contributed by atoms with Crippen molar-refractivity contribution >= 4 is 87.6 Å². The Labute approximate surface area is 591 Å². The van der Waals surface area contributed by atoms with E-state index in [2.05, 4.69) is 62.1 Å². The molecular formula is C72H93N15O13S. The fourth-order valence-electron chi connectivity index (χ4n) is 12.6. The summed E-state index contributed by atoms with van der Waals surface area (Å²) in [5, 5.41) is 30.8. The van der Waals surface area contributed by atoms with Crippen molar-refractivity contribution in [3.63, 3.8) is 0 Å². The number of nitrogen functional groups attached to an aromatic ring is 1. The van der Waals surface area contributed by atoms with Crippen LogP contribution < -0.4 is 47.9 Å². The number of carbonyl (C=O) groups excluding carboxylic acids is 10. The van der Waals surface area contributed by atoms with Gasteiger partial charge < -0.3 is 67.3 Å². The minimum absolute atomic E-state index is 0.0304. The molecule has 3 aliphatic heterocycles. The highest BCUT2D eigenvalue weighted by atomic mass is 32.1. The molecular weight excluding hydrogens is 1310 g/mol. The van der Waals surface area contributed by atoms with Crippen LogP contribution in [0.15, 0.2) is 90.9 Å². The van der Waals surface area contributed by atoms with Crippen molar-refractivity contribution in [2.24, 2.45) is 17.3 Å². The summed E-state index contributed by atoms with van der Waals surface area (Å²) >= 11 is 1.55. The molecule has 29 heteroatoms. The first-order valence-electron chi connectivity index (χ1n) is 34.7. The molecule has 1 aliphatic carbocycles. The number of ether oxygens (including phenoxy) is 2. The normalized spacial score (nSPS) is 18.2. The third-order valence-electron chi connectivity index (χ3n) is 18.4. The van der Waals surface area contributed by atoms with E-state index in [0.717, 1.165) is 45.8 Å². The van der Waals surface area contributed by atoms with Crippen LogP contribution in [0.1, 0.15) is 125 Å². The maximum absolute atomic E-state index is 14.2. The first-order valence-corrected chi connectivity index (χ1v) is 35.5. The Morgan fingerprint density at radius 3 is 2.18 bits per heavy atom.